The van der Waals surface area contributed by atoms with E-state index in [2.05, 4.69) is 50.3 Å². The van der Waals surface area contributed by atoms with Crippen molar-refractivity contribution >= 4 is 33.2 Å². The zero-order chi connectivity index (χ0) is 19.2. The van der Waals surface area contributed by atoms with Crippen LogP contribution in [0.5, 0.6) is 0 Å². The van der Waals surface area contributed by atoms with Crippen LogP contribution in [0.15, 0.2) is 58.6 Å². The summed E-state index contributed by atoms with van der Waals surface area (Å²) in [6.45, 7) is 4.04. The largest absolute Gasteiger partial charge is 0.347 e. The third-order valence-electron chi connectivity index (χ3n) is 4.46. The summed E-state index contributed by atoms with van der Waals surface area (Å²) in [6, 6.07) is 11.9. The Kier molecular flexibility index (Phi) is 6.74. The molecular formula is C21H22BrN3OS. The molecule has 0 fully saturated rings. The second-order valence-corrected chi connectivity index (χ2v) is 8.28. The van der Waals surface area contributed by atoms with Gasteiger partial charge in [0.05, 0.1) is 11.7 Å². The molecule has 4 nitrogen and oxygen atoms in total. The fourth-order valence-corrected chi connectivity index (χ4v) is 4.19. The standard InChI is InChI=1S/C21H22BrN3OS/c1-3-16(11-15-5-4-6-18(22)12-15)20(26)24-14(2)21-25-19(13-27-21)17-7-9-23-10-8-17/h4-10,12-14,16H,3,11H2,1-2H3,(H,24,26). The van der Waals surface area contributed by atoms with Gasteiger partial charge in [0.25, 0.3) is 0 Å². The molecule has 0 saturated heterocycles. The Balaban J connectivity index is 1.65. The van der Waals surface area contributed by atoms with Crippen LogP contribution in [-0.2, 0) is 11.2 Å². The summed E-state index contributed by atoms with van der Waals surface area (Å²) in [5.74, 6) is 0.0204. The van der Waals surface area contributed by atoms with Crippen molar-refractivity contribution in [3.05, 3.63) is 69.2 Å². The number of halogens is 1. The molecule has 2 heterocycles. The summed E-state index contributed by atoms with van der Waals surface area (Å²) in [7, 11) is 0. The lowest BCUT2D eigenvalue weighted by molar-refractivity contribution is -0.125. The van der Waals surface area contributed by atoms with Gasteiger partial charge in [0, 0.05) is 33.7 Å². The number of amides is 1. The highest BCUT2D eigenvalue weighted by Crippen LogP contribution is 2.25. The van der Waals surface area contributed by atoms with Gasteiger partial charge in [-0.25, -0.2) is 4.98 Å². The molecule has 1 aromatic carbocycles. The van der Waals surface area contributed by atoms with Crippen LogP contribution in [0.3, 0.4) is 0 Å². The molecule has 6 heteroatoms. The maximum absolute atomic E-state index is 12.8. The van der Waals surface area contributed by atoms with E-state index in [9.17, 15) is 4.79 Å². The van der Waals surface area contributed by atoms with E-state index >= 15 is 0 Å². The van der Waals surface area contributed by atoms with Crippen molar-refractivity contribution in [2.24, 2.45) is 5.92 Å². The molecule has 0 aliphatic heterocycles. The molecule has 2 unspecified atom stereocenters. The van der Waals surface area contributed by atoms with E-state index in [1.54, 1.807) is 23.7 Å². The van der Waals surface area contributed by atoms with E-state index in [4.69, 9.17) is 0 Å². The first-order valence-electron chi connectivity index (χ1n) is 8.97. The van der Waals surface area contributed by atoms with Crippen molar-refractivity contribution in [2.75, 3.05) is 0 Å². The van der Waals surface area contributed by atoms with E-state index in [0.29, 0.717) is 0 Å². The predicted molar refractivity (Wildman–Crippen MR) is 114 cm³/mol. The SMILES string of the molecule is CCC(Cc1cccc(Br)c1)C(=O)NC(C)c1nc(-c2ccncc2)cs1. The van der Waals surface area contributed by atoms with Gasteiger partial charge in [-0.3, -0.25) is 9.78 Å². The monoisotopic (exact) mass is 443 g/mol. The summed E-state index contributed by atoms with van der Waals surface area (Å²) >= 11 is 5.06. The number of aromatic nitrogens is 2. The Hall–Kier alpha value is -2.05. The average molecular weight is 444 g/mol. The summed E-state index contributed by atoms with van der Waals surface area (Å²) in [4.78, 5) is 21.5. The molecule has 3 rings (SSSR count). The molecule has 0 saturated carbocycles. The number of carbonyl (C=O) groups excluding carboxylic acids is 1. The zero-order valence-electron chi connectivity index (χ0n) is 15.4. The van der Waals surface area contributed by atoms with E-state index in [1.165, 1.54) is 0 Å². The van der Waals surface area contributed by atoms with Crippen molar-refractivity contribution < 1.29 is 4.79 Å². The Morgan fingerprint density at radius 2 is 2.04 bits per heavy atom. The molecule has 0 aliphatic rings. The molecule has 2 aromatic heterocycles. The molecule has 0 radical (unpaired) electrons. The summed E-state index contributed by atoms with van der Waals surface area (Å²) in [6.07, 6.45) is 5.04. The number of benzene rings is 1. The Morgan fingerprint density at radius 3 is 2.74 bits per heavy atom. The second-order valence-electron chi connectivity index (χ2n) is 6.48. The van der Waals surface area contributed by atoms with Crippen molar-refractivity contribution in [2.45, 2.75) is 32.7 Å². The van der Waals surface area contributed by atoms with Crippen LogP contribution < -0.4 is 5.32 Å². The summed E-state index contributed by atoms with van der Waals surface area (Å²) in [5.41, 5.74) is 3.11. The normalized spacial score (nSPS) is 13.1. The minimum atomic E-state index is -0.116. The number of thiazole rings is 1. The van der Waals surface area contributed by atoms with E-state index in [-0.39, 0.29) is 17.9 Å². The molecule has 27 heavy (non-hydrogen) atoms. The lowest BCUT2D eigenvalue weighted by atomic mass is 9.96. The number of carbonyl (C=O) groups is 1. The average Bonchev–Trinajstić information content (AvgIpc) is 3.17. The van der Waals surface area contributed by atoms with Gasteiger partial charge >= 0.3 is 0 Å². The van der Waals surface area contributed by atoms with Crippen LogP contribution in [0, 0.1) is 5.92 Å². The van der Waals surface area contributed by atoms with Crippen LogP contribution >= 0.6 is 27.3 Å². The third-order valence-corrected chi connectivity index (χ3v) is 5.98. The van der Waals surface area contributed by atoms with Gasteiger partial charge in [-0.15, -0.1) is 11.3 Å². The topological polar surface area (TPSA) is 54.9 Å². The quantitative estimate of drug-likeness (QED) is 0.530. The highest BCUT2D eigenvalue weighted by atomic mass is 79.9. The van der Waals surface area contributed by atoms with E-state index < -0.39 is 0 Å². The van der Waals surface area contributed by atoms with Gasteiger partial charge in [-0.2, -0.15) is 0 Å². The number of pyridine rings is 1. The van der Waals surface area contributed by atoms with Gasteiger partial charge in [0.1, 0.15) is 5.01 Å². The molecule has 0 bridgehead atoms. The molecule has 2 atom stereocenters. The van der Waals surface area contributed by atoms with Gasteiger partial charge in [-0.05, 0) is 49.6 Å². The van der Waals surface area contributed by atoms with Crippen LogP contribution in [0.2, 0.25) is 0 Å². The Labute approximate surface area is 172 Å². The first kappa shape index (κ1) is 19.7. The molecule has 3 aromatic rings. The number of nitrogens with one attached hydrogen (secondary N) is 1. The van der Waals surface area contributed by atoms with Gasteiger partial charge in [0.15, 0.2) is 0 Å². The highest BCUT2D eigenvalue weighted by molar-refractivity contribution is 9.10. The summed E-state index contributed by atoms with van der Waals surface area (Å²) in [5, 5.41) is 6.06. The van der Waals surface area contributed by atoms with Crippen LogP contribution in [0.1, 0.15) is 36.9 Å². The molecule has 1 N–H and O–H groups in total. The number of nitrogens with zero attached hydrogens (tertiary/aromatic N) is 2. The predicted octanol–water partition coefficient (Wildman–Crippen LogP) is 5.41. The first-order valence-corrected chi connectivity index (χ1v) is 10.6. The fraction of sp³-hybridized carbons (Fsp3) is 0.286. The van der Waals surface area contributed by atoms with Crippen LogP contribution in [-0.4, -0.2) is 15.9 Å². The van der Waals surface area contributed by atoms with Gasteiger partial charge < -0.3 is 5.32 Å². The lowest BCUT2D eigenvalue weighted by Gasteiger charge is -2.18. The van der Waals surface area contributed by atoms with Gasteiger partial charge in [-0.1, -0.05) is 35.0 Å². The highest BCUT2D eigenvalue weighted by Gasteiger charge is 2.21. The van der Waals surface area contributed by atoms with Crippen LogP contribution in [0.25, 0.3) is 11.3 Å². The van der Waals surface area contributed by atoms with E-state index in [0.717, 1.165) is 39.1 Å². The van der Waals surface area contributed by atoms with Gasteiger partial charge in [0.2, 0.25) is 5.91 Å². The molecule has 0 spiro atoms. The van der Waals surface area contributed by atoms with Crippen molar-refractivity contribution in [3.8, 4) is 11.3 Å². The van der Waals surface area contributed by atoms with Crippen molar-refractivity contribution in [1.29, 1.82) is 0 Å². The lowest BCUT2D eigenvalue weighted by Crippen LogP contribution is -2.33. The fourth-order valence-electron chi connectivity index (χ4n) is 2.91. The molecule has 140 valence electrons. The van der Waals surface area contributed by atoms with Crippen molar-refractivity contribution in [3.63, 3.8) is 0 Å². The Bertz CT molecular complexity index is 897. The molecule has 1 amide bonds. The number of hydrogen-bond donors (Lipinski definition) is 1. The Morgan fingerprint density at radius 1 is 1.26 bits per heavy atom. The smallest absolute Gasteiger partial charge is 0.223 e. The molecular weight excluding hydrogens is 422 g/mol. The third kappa shape index (κ3) is 5.23. The maximum atomic E-state index is 12.8. The van der Waals surface area contributed by atoms with Crippen molar-refractivity contribution in [1.82, 2.24) is 15.3 Å². The molecule has 0 aliphatic carbocycles. The minimum Gasteiger partial charge on any atom is -0.347 e. The first-order chi connectivity index (χ1) is 13.1. The number of hydrogen-bond acceptors (Lipinski definition) is 4. The minimum absolute atomic E-state index is 0.0543. The zero-order valence-corrected chi connectivity index (χ0v) is 17.8. The van der Waals surface area contributed by atoms with Crippen LogP contribution in [0.4, 0.5) is 0 Å². The van der Waals surface area contributed by atoms with E-state index in [1.807, 2.05) is 36.6 Å². The summed E-state index contributed by atoms with van der Waals surface area (Å²) < 4.78 is 1.04. The second kappa shape index (κ2) is 9.24. The number of rotatable bonds is 7. The maximum Gasteiger partial charge on any atom is 0.223 e.